The third-order valence-electron chi connectivity index (χ3n) is 3.34. The molecule has 0 unspecified atom stereocenters. The molecule has 1 saturated carbocycles. The summed E-state index contributed by atoms with van der Waals surface area (Å²) in [5.74, 6) is -0.910. The summed E-state index contributed by atoms with van der Waals surface area (Å²) in [5.41, 5.74) is 0.564. The van der Waals surface area contributed by atoms with E-state index >= 15 is 0 Å². The van der Waals surface area contributed by atoms with Crippen LogP contribution in [0.1, 0.15) is 18.4 Å². The first kappa shape index (κ1) is 15.4. The fourth-order valence-corrected chi connectivity index (χ4v) is 2.18. The zero-order chi connectivity index (χ0) is 15.2. The third-order valence-corrected chi connectivity index (χ3v) is 3.34. The molecule has 2 rings (SSSR count). The molecule has 5 nitrogen and oxygen atoms in total. The zero-order valence-electron chi connectivity index (χ0n) is 11.7. The Hall–Kier alpha value is -1.95. The molecule has 21 heavy (non-hydrogen) atoms. The highest BCUT2D eigenvalue weighted by Crippen LogP contribution is 2.26. The summed E-state index contributed by atoms with van der Waals surface area (Å²) >= 11 is 0. The number of carbonyl (C=O) groups excluding carboxylic acids is 2. The van der Waals surface area contributed by atoms with Crippen LogP contribution in [0.15, 0.2) is 24.3 Å². The van der Waals surface area contributed by atoms with E-state index in [1.54, 1.807) is 17.0 Å². The molecule has 0 heterocycles. The standard InChI is InChI=1S/C15H19FN2O3/c16-12-3-1-2-11(8-12)9-14(20)17-10-15(21)18(6-7-19)13-4-5-13/h1-3,8,13,19H,4-7,9-10H2,(H,17,20). The molecule has 1 aliphatic carbocycles. The van der Waals surface area contributed by atoms with Crippen molar-refractivity contribution >= 4 is 11.8 Å². The van der Waals surface area contributed by atoms with Gasteiger partial charge in [0.15, 0.2) is 0 Å². The molecule has 1 aromatic carbocycles. The van der Waals surface area contributed by atoms with Gasteiger partial charge in [0.2, 0.25) is 11.8 Å². The summed E-state index contributed by atoms with van der Waals surface area (Å²) in [5, 5.41) is 11.5. The molecule has 114 valence electrons. The maximum atomic E-state index is 13.0. The number of aliphatic hydroxyl groups is 1. The normalized spacial score (nSPS) is 13.8. The first-order valence-electron chi connectivity index (χ1n) is 7.01. The number of nitrogens with zero attached hydrogens (tertiary/aromatic N) is 1. The molecule has 0 saturated heterocycles. The van der Waals surface area contributed by atoms with Gasteiger partial charge in [-0.2, -0.15) is 0 Å². The van der Waals surface area contributed by atoms with E-state index in [-0.39, 0.29) is 43.2 Å². The number of halogens is 1. The molecular formula is C15H19FN2O3. The van der Waals surface area contributed by atoms with Crippen molar-refractivity contribution in [3.05, 3.63) is 35.6 Å². The Balaban J connectivity index is 1.79. The lowest BCUT2D eigenvalue weighted by Gasteiger charge is -2.21. The molecule has 0 spiro atoms. The number of carbonyl (C=O) groups is 2. The number of nitrogens with one attached hydrogen (secondary N) is 1. The molecule has 0 atom stereocenters. The molecule has 2 N–H and O–H groups in total. The Kier molecular flexibility index (Phi) is 5.27. The summed E-state index contributed by atoms with van der Waals surface area (Å²) in [6.45, 7) is 0.118. The van der Waals surface area contributed by atoms with E-state index in [1.165, 1.54) is 12.1 Å². The molecular weight excluding hydrogens is 275 g/mol. The van der Waals surface area contributed by atoms with Crippen molar-refractivity contribution in [3.63, 3.8) is 0 Å². The molecule has 6 heteroatoms. The van der Waals surface area contributed by atoms with Crippen LogP contribution in [0, 0.1) is 5.82 Å². The average molecular weight is 294 g/mol. The van der Waals surface area contributed by atoms with E-state index < -0.39 is 0 Å². The van der Waals surface area contributed by atoms with Crippen LogP contribution in [0.5, 0.6) is 0 Å². The van der Waals surface area contributed by atoms with Crippen LogP contribution in [0.25, 0.3) is 0 Å². The van der Waals surface area contributed by atoms with Gasteiger partial charge < -0.3 is 15.3 Å². The Morgan fingerprint density at radius 1 is 1.38 bits per heavy atom. The Bertz CT molecular complexity index is 517. The smallest absolute Gasteiger partial charge is 0.242 e. The summed E-state index contributed by atoms with van der Waals surface area (Å²) in [6.07, 6.45) is 1.93. The topological polar surface area (TPSA) is 69.6 Å². The predicted octanol–water partition coefficient (Wildman–Crippen LogP) is 0.468. The van der Waals surface area contributed by atoms with Crippen LogP contribution in [-0.4, -0.2) is 47.6 Å². The lowest BCUT2D eigenvalue weighted by Crippen LogP contribution is -2.43. The fourth-order valence-electron chi connectivity index (χ4n) is 2.18. The van der Waals surface area contributed by atoms with E-state index in [0.29, 0.717) is 12.1 Å². The van der Waals surface area contributed by atoms with Crippen LogP contribution < -0.4 is 5.32 Å². The quantitative estimate of drug-likeness (QED) is 0.768. The minimum Gasteiger partial charge on any atom is -0.395 e. The number of benzene rings is 1. The minimum atomic E-state index is -0.390. The second-order valence-corrected chi connectivity index (χ2v) is 5.13. The van der Waals surface area contributed by atoms with Gasteiger partial charge in [-0.3, -0.25) is 9.59 Å². The zero-order valence-corrected chi connectivity index (χ0v) is 11.7. The van der Waals surface area contributed by atoms with Crippen LogP contribution in [-0.2, 0) is 16.0 Å². The second-order valence-electron chi connectivity index (χ2n) is 5.13. The van der Waals surface area contributed by atoms with Crippen molar-refractivity contribution in [1.82, 2.24) is 10.2 Å². The van der Waals surface area contributed by atoms with Crippen molar-refractivity contribution in [2.24, 2.45) is 0 Å². The number of hydrogen-bond acceptors (Lipinski definition) is 3. The van der Waals surface area contributed by atoms with Gasteiger partial charge in [0.1, 0.15) is 5.82 Å². The molecule has 0 aliphatic heterocycles. The maximum Gasteiger partial charge on any atom is 0.242 e. The first-order valence-corrected chi connectivity index (χ1v) is 7.01. The van der Waals surface area contributed by atoms with Crippen molar-refractivity contribution < 1.29 is 19.1 Å². The van der Waals surface area contributed by atoms with Gasteiger partial charge in [-0.25, -0.2) is 4.39 Å². The summed E-state index contributed by atoms with van der Waals surface area (Å²) in [4.78, 5) is 25.3. The predicted molar refractivity (Wildman–Crippen MR) is 74.9 cm³/mol. The Labute approximate surface area is 122 Å². The van der Waals surface area contributed by atoms with Crippen molar-refractivity contribution in [2.75, 3.05) is 19.7 Å². The van der Waals surface area contributed by atoms with Gasteiger partial charge in [-0.1, -0.05) is 12.1 Å². The molecule has 0 bridgehead atoms. The first-order chi connectivity index (χ1) is 10.1. The van der Waals surface area contributed by atoms with Gasteiger partial charge in [0.25, 0.3) is 0 Å². The van der Waals surface area contributed by atoms with E-state index in [4.69, 9.17) is 5.11 Å². The molecule has 1 aliphatic rings. The average Bonchev–Trinajstić information content (AvgIpc) is 3.26. The number of aliphatic hydroxyl groups excluding tert-OH is 1. The summed E-state index contributed by atoms with van der Waals surface area (Å²) in [7, 11) is 0. The van der Waals surface area contributed by atoms with E-state index in [0.717, 1.165) is 12.8 Å². The molecule has 0 aromatic heterocycles. The Morgan fingerprint density at radius 2 is 2.14 bits per heavy atom. The highest BCUT2D eigenvalue weighted by atomic mass is 19.1. The second kappa shape index (κ2) is 7.17. The monoisotopic (exact) mass is 294 g/mol. The fraction of sp³-hybridized carbons (Fsp3) is 0.467. The highest BCUT2D eigenvalue weighted by Gasteiger charge is 2.31. The van der Waals surface area contributed by atoms with Crippen LogP contribution in [0.3, 0.4) is 0 Å². The van der Waals surface area contributed by atoms with Gasteiger partial charge in [-0.15, -0.1) is 0 Å². The van der Waals surface area contributed by atoms with Crippen molar-refractivity contribution in [2.45, 2.75) is 25.3 Å². The van der Waals surface area contributed by atoms with E-state index in [9.17, 15) is 14.0 Å². The summed E-state index contributed by atoms with van der Waals surface area (Å²) in [6, 6.07) is 6.01. The molecule has 1 aromatic rings. The van der Waals surface area contributed by atoms with Crippen LogP contribution in [0.2, 0.25) is 0 Å². The molecule has 0 radical (unpaired) electrons. The van der Waals surface area contributed by atoms with Gasteiger partial charge in [-0.05, 0) is 30.5 Å². The van der Waals surface area contributed by atoms with E-state index in [1.807, 2.05) is 0 Å². The van der Waals surface area contributed by atoms with E-state index in [2.05, 4.69) is 5.32 Å². The van der Waals surface area contributed by atoms with Gasteiger partial charge in [0, 0.05) is 12.6 Å². The Morgan fingerprint density at radius 3 is 2.76 bits per heavy atom. The van der Waals surface area contributed by atoms with Crippen molar-refractivity contribution in [1.29, 1.82) is 0 Å². The lowest BCUT2D eigenvalue weighted by molar-refractivity contribution is -0.133. The van der Waals surface area contributed by atoms with Gasteiger partial charge >= 0.3 is 0 Å². The molecule has 2 amide bonds. The minimum absolute atomic E-state index is 0.0362. The maximum absolute atomic E-state index is 13.0. The SMILES string of the molecule is O=C(Cc1cccc(F)c1)NCC(=O)N(CCO)C1CC1. The van der Waals surface area contributed by atoms with Crippen LogP contribution in [0.4, 0.5) is 4.39 Å². The molecule has 1 fully saturated rings. The van der Waals surface area contributed by atoms with Crippen LogP contribution >= 0.6 is 0 Å². The van der Waals surface area contributed by atoms with Crippen molar-refractivity contribution in [3.8, 4) is 0 Å². The number of rotatable bonds is 7. The number of amides is 2. The summed E-state index contributed by atoms with van der Waals surface area (Å²) < 4.78 is 13.0. The highest BCUT2D eigenvalue weighted by molar-refractivity contribution is 5.86. The lowest BCUT2D eigenvalue weighted by atomic mass is 10.1. The van der Waals surface area contributed by atoms with Gasteiger partial charge in [0.05, 0.1) is 19.6 Å². The number of hydrogen-bond donors (Lipinski definition) is 2. The largest absolute Gasteiger partial charge is 0.395 e. The third kappa shape index (κ3) is 4.82.